The maximum Gasteiger partial charge on any atom is 0.453 e. The fourth-order valence-electron chi connectivity index (χ4n) is 1.08. The zero-order chi connectivity index (χ0) is 21.4. The van der Waals surface area contributed by atoms with E-state index < -0.39 is 60.2 Å². The first-order valence-electron chi connectivity index (χ1n) is 6.56. The van der Waals surface area contributed by atoms with E-state index in [1.165, 1.54) is 0 Å². The summed E-state index contributed by atoms with van der Waals surface area (Å²) in [6, 6.07) is 0. The third-order valence-electron chi connectivity index (χ3n) is 2.39. The van der Waals surface area contributed by atoms with Gasteiger partial charge in [0.15, 0.2) is 0 Å². The van der Waals surface area contributed by atoms with Gasteiger partial charge >= 0.3 is 24.2 Å². The molecule has 0 unspecified atom stereocenters. The van der Waals surface area contributed by atoms with Crippen LogP contribution in [0.1, 0.15) is 25.7 Å². The van der Waals surface area contributed by atoms with E-state index in [4.69, 9.17) is 0 Å². The molecule has 0 saturated carbocycles. The minimum absolute atomic E-state index is 0.118. The summed E-state index contributed by atoms with van der Waals surface area (Å²) in [5.41, 5.74) is 0. The third kappa shape index (κ3) is 12.3. The Morgan fingerprint density at radius 1 is 0.769 bits per heavy atom. The fourth-order valence-corrected chi connectivity index (χ4v) is 1.88. The summed E-state index contributed by atoms with van der Waals surface area (Å²) in [5, 5.41) is 0. The standard InChI is InChI=1S/C6H9F5O3S.C5H6F5I/c1-15(12,13)14-4-2-3-5(7,8)6(9,10)11;6-4(7,2-1-3-11)5(8,9)10/h2-4H2,1H3;1-3H2. The van der Waals surface area contributed by atoms with Crippen LogP contribution in [-0.2, 0) is 14.3 Å². The van der Waals surface area contributed by atoms with Crippen molar-refractivity contribution in [2.24, 2.45) is 0 Å². The van der Waals surface area contributed by atoms with Crippen LogP contribution in [0.15, 0.2) is 0 Å². The van der Waals surface area contributed by atoms with Crippen LogP contribution in [0.5, 0.6) is 0 Å². The summed E-state index contributed by atoms with van der Waals surface area (Å²) in [6.45, 7) is -0.690. The van der Waals surface area contributed by atoms with Gasteiger partial charge in [0.1, 0.15) is 0 Å². The second-order valence-electron chi connectivity index (χ2n) is 4.83. The van der Waals surface area contributed by atoms with E-state index in [9.17, 15) is 52.3 Å². The summed E-state index contributed by atoms with van der Waals surface area (Å²) >= 11 is 1.75. The molecule has 0 aliphatic heterocycles. The van der Waals surface area contributed by atoms with Crippen LogP contribution >= 0.6 is 22.6 Å². The van der Waals surface area contributed by atoms with Crippen LogP contribution in [0.3, 0.4) is 0 Å². The van der Waals surface area contributed by atoms with Crippen molar-refractivity contribution in [3.63, 3.8) is 0 Å². The van der Waals surface area contributed by atoms with Gasteiger partial charge in [0.2, 0.25) is 0 Å². The maximum atomic E-state index is 12.2. The van der Waals surface area contributed by atoms with Crippen LogP contribution in [0.2, 0.25) is 0 Å². The first kappa shape index (κ1) is 28.2. The van der Waals surface area contributed by atoms with E-state index in [1.54, 1.807) is 22.6 Å². The largest absolute Gasteiger partial charge is 0.453 e. The number of alkyl halides is 11. The van der Waals surface area contributed by atoms with Gasteiger partial charge in [-0.1, -0.05) is 22.6 Å². The van der Waals surface area contributed by atoms with E-state index in [2.05, 4.69) is 4.18 Å². The SMILES string of the molecule is CS(=O)(=O)OCCCC(F)(F)C(F)(F)F.FC(F)(F)C(F)(F)CCCI. The Balaban J connectivity index is 0. The second kappa shape index (κ2) is 10.5. The molecule has 0 bridgehead atoms. The van der Waals surface area contributed by atoms with Gasteiger partial charge in [0.05, 0.1) is 12.9 Å². The zero-order valence-corrected chi connectivity index (χ0v) is 16.0. The first-order valence-corrected chi connectivity index (χ1v) is 9.90. The quantitative estimate of drug-likeness (QED) is 0.136. The summed E-state index contributed by atoms with van der Waals surface area (Å²) in [7, 11) is -3.80. The predicted molar refractivity (Wildman–Crippen MR) is 80.2 cm³/mol. The van der Waals surface area contributed by atoms with Crippen molar-refractivity contribution in [2.75, 3.05) is 17.3 Å². The van der Waals surface area contributed by atoms with E-state index >= 15 is 0 Å². The highest BCUT2D eigenvalue weighted by atomic mass is 127. The fraction of sp³-hybridized carbons (Fsp3) is 1.00. The summed E-state index contributed by atoms with van der Waals surface area (Å²) in [5.74, 6) is -9.33. The van der Waals surface area contributed by atoms with E-state index in [0.29, 0.717) is 10.7 Å². The second-order valence-corrected chi connectivity index (χ2v) is 7.55. The summed E-state index contributed by atoms with van der Waals surface area (Å²) in [6.07, 6.45) is -13.7. The Morgan fingerprint density at radius 3 is 1.38 bits per heavy atom. The number of hydrogen-bond donors (Lipinski definition) is 0. The van der Waals surface area contributed by atoms with Crippen molar-refractivity contribution in [1.82, 2.24) is 0 Å². The Bertz CT molecular complexity index is 501. The Kier molecular flexibility index (Phi) is 11.3. The summed E-state index contributed by atoms with van der Waals surface area (Å²) in [4.78, 5) is 0. The van der Waals surface area contributed by atoms with E-state index in [-0.39, 0.29) is 6.42 Å². The summed E-state index contributed by atoms with van der Waals surface area (Å²) < 4.78 is 142. The average molecular weight is 544 g/mol. The third-order valence-corrected chi connectivity index (χ3v) is 3.74. The van der Waals surface area contributed by atoms with Crippen molar-refractivity contribution in [1.29, 1.82) is 0 Å². The van der Waals surface area contributed by atoms with Crippen molar-refractivity contribution in [3.8, 4) is 0 Å². The molecular formula is C11H15F10IO3S. The molecule has 26 heavy (non-hydrogen) atoms. The molecule has 0 fully saturated rings. The molecule has 3 nitrogen and oxygen atoms in total. The molecule has 0 aromatic heterocycles. The normalized spacial score (nSPS) is 14.0. The highest BCUT2D eigenvalue weighted by Gasteiger charge is 2.57. The maximum absolute atomic E-state index is 12.2. The molecule has 15 heteroatoms. The number of rotatable bonds is 8. The molecule has 0 aliphatic rings. The molecule has 0 aromatic carbocycles. The van der Waals surface area contributed by atoms with Gasteiger partial charge < -0.3 is 0 Å². The van der Waals surface area contributed by atoms with Gasteiger partial charge in [0, 0.05) is 12.8 Å². The lowest BCUT2D eigenvalue weighted by molar-refractivity contribution is -0.284. The molecule has 0 rings (SSSR count). The topological polar surface area (TPSA) is 43.4 Å². The average Bonchev–Trinajstić information content (AvgIpc) is 2.38. The van der Waals surface area contributed by atoms with Crippen molar-refractivity contribution < 1.29 is 56.5 Å². The van der Waals surface area contributed by atoms with Gasteiger partial charge in [0.25, 0.3) is 10.1 Å². The van der Waals surface area contributed by atoms with Crippen LogP contribution in [-0.4, -0.2) is 49.9 Å². The highest BCUT2D eigenvalue weighted by Crippen LogP contribution is 2.39. The van der Waals surface area contributed by atoms with Crippen molar-refractivity contribution >= 4 is 32.7 Å². The molecule has 160 valence electrons. The first-order chi connectivity index (χ1) is 11.3. The van der Waals surface area contributed by atoms with Crippen LogP contribution in [0.25, 0.3) is 0 Å². The van der Waals surface area contributed by atoms with E-state index in [0.717, 1.165) is 0 Å². The molecular weight excluding hydrogens is 529 g/mol. The molecule has 0 saturated heterocycles. The number of halogens is 11. The van der Waals surface area contributed by atoms with E-state index in [1.807, 2.05) is 0 Å². The minimum Gasteiger partial charge on any atom is -0.270 e. The predicted octanol–water partition coefficient (Wildman–Crippen LogP) is 5.34. The molecule has 0 heterocycles. The van der Waals surface area contributed by atoms with Crippen molar-refractivity contribution in [3.05, 3.63) is 0 Å². The van der Waals surface area contributed by atoms with Crippen LogP contribution in [0, 0.1) is 0 Å². The lowest BCUT2D eigenvalue weighted by Crippen LogP contribution is -2.36. The molecule has 0 amide bonds. The smallest absolute Gasteiger partial charge is 0.270 e. The lowest BCUT2D eigenvalue weighted by atomic mass is 10.2. The van der Waals surface area contributed by atoms with Crippen LogP contribution in [0.4, 0.5) is 43.9 Å². The van der Waals surface area contributed by atoms with Crippen molar-refractivity contribution in [2.45, 2.75) is 49.9 Å². The van der Waals surface area contributed by atoms with Crippen LogP contribution < -0.4 is 0 Å². The van der Waals surface area contributed by atoms with Gasteiger partial charge in [-0.3, -0.25) is 4.18 Å². The number of hydrogen-bond acceptors (Lipinski definition) is 3. The zero-order valence-electron chi connectivity index (χ0n) is 13.0. The lowest BCUT2D eigenvalue weighted by Gasteiger charge is -2.18. The molecule has 0 N–H and O–H groups in total. The molecule has 0 atom stereocenters. The Morgan fingerprint density at radius 2 is 1.12 bits per heavy atom. The molecule has 0 aliphatic carbocycles. The van der Waals surface area contributed by atoms with Gasteiger partial charge in [-0.2, -0.15) is 52.3 Å². The Labute approximate surface area is 156 Å². The molecule has 0 radical (unpaired) electrons. The minimum atomic E-state index is -5.61. The molecule has 0 spiro atoms. The Hall–Kier alpha value is -0.0600. The van der Waals surface area contributed by atoms with Gasteiger partial charge in [-0.05, 0) is 17.3 Å². The van der Waals surface area contributed by atoms with Gasteiger partial charge in [-0.25, -0.2) is 0 Å². The van der Waals surface area contributed by atoms with Gasteiger partial charge in [-0.15, -0.1) is 0 Å². The molecule has 0 aromatic rings. The monoisotopic (exact) mass is 544 g/mol. The highest BCUT2D eigenvalue weighted by molar-refractivity contribution is 14.1.